The van der Waals surface area contributed by atoms with Gasteiger partial charge in [0.1, 0.15) is 0 Å². The lowest BCUT2D eigenvalue weighted by atomic mass is 9.78. The van der Waals surface area contributed by atoms with Crippen LogP contribution in [-0.4, -0.2) is 35.0 Å². The van der Waals surface area contributed by atoms with E-state index in [4.69, 9.17) is 0 Å². The molecule has 0 aromatic carbocycles. The van der Waals surface area contributed by atoms with E-state index >= 15 is 0 Å². The van der Waals surface area contributed by atoms with Gasteiger partial charge in [0.15, 0.2) is 0 Å². The third-order valence-electron chi connectivity index (χ3n) is 5.91. The van der Waals surface area contributed by atoms with Crippen LogP contribution in [0.2, 0.25) is 0 Å². The first-order valence-electron chi connectivity index (χ1n) is 8.71. The van der Waals surface area contributed by atoms with Crippen LogP contribution < -0.4 is 0 Å². The van der Waals surface area contributed by atoms with Crippen LogP contribution in [0.1, 0.15) is 52.4 Å². The minimum atomic E-state index is -0.779. The van der Waals surface area contributed by atoms with Gasteiger partial charge in [-0.2, -0.15) is 0 Å². The van der Waals surface area contributed by atoms with E-state index in [1.54, 1.807) is 0 Å². The van der Waals surface area contributed by atoms with Crippen LogP contribution in [-0.2, 0) is 9.59 Å². The lowest BCUT2D eigenvalue weighted by molar-refractivity contribution is -0.152. The van der Waals surface area contributed by atoms with Crippen molar-refractivity contribution in [2.75, 3.05) is 13.1 Å². The zero-order valence-electron chi connectivity index (χ0n) is 13.7. The van der Waals surface area contributed by atoms with Crippen molar-refractivity contribution in [3.05, 3.63) is 11.1 Å². The number of nitrogens with zero attached hydrogens (tertiary/aromatic N) is 1. The number of hydrogen-bond acceptors (Lipinski definition) is 2. The average molecular weight is 305 g/mol. The van der Waals surface area contributed by atoms with Crippen molar-refractivity contribution in [3.63, 3.8) is 0 Å². The summed E-state index contributed by atoms with van der Waals surface area (Å²) in [7, 11) is 0. The molecule has 4 heteroatoms. The second-order valence-electron chi connectivity index (χ2n) is 7.37. The Morgan fingerprint density at radius 2 is 1.50 bits per heavy atom. The summed E-state index contributed by atoms with van der Waals surface area (Å²) < 4.78 is 0. The monoisotopic (exact) mass is 305 g/mol. The van der Waals surface area contributed by atoms with Crippen LogP contribution in [0.15, 0.2) is 11.1 Å². The second kappa shape index (κ2) is 6.05. The van der Waals surface area contributed by atoms with Gasteiger partial charge in [-0.25, -0.2) is 0 Å². The SMILES string of the molecule is CC(C)=C1[C@H]2CC[C@H]1[C@@H](C(=O)O)[C@H]2C(=O)N1CCCCCC1. The van der Waals surface area contributed by atoms with E-state index in [-0.39, 0.29) is 23.7 Å². The molecule has 1 N–H and O–H groups in total. The second-order valence-corrected chi connectivity index (χ2v) is 7.37. The minimum absolute atomic E-state index is 0.0911. The summed E-state index contributed by atoms with van der Waals surface area (Å²) in [6, 6.07) is 0. The smallest absolute Gasteiger partial charge is 0.307 e. The first kappa shape index (κ1) is 15.6. The number of carboxylic acids is 1. The minimum Gasteiger partial charge on any atom is -0.481 e. The molecule has 0 radical (unpaired) electrons. The summed E-state index contributed by atoms with van der Waals surface area (Å²) in [4.78, 5) is 26.9. The van der Waals surface area contributed by atoms with Gasteiger partial charge in [-0.15, -0.1) is 0 Å². The fourth-order valence-corrected chi connectivity index (χ4v) is 5.09. The molecule has 2 aliphatic carbocycles. The van der Waals surface area contributed by atoms with Gasteiger partial charge in [-0.3, -0.25) is 9.59 Å². The molecule has 3 rings (SSSR count). The van der Waals surface area contributed by atoms with Crippen LogP contribution in [0.3, 0.4) is 0 Å². The average Bonchev–Trinajstić information content (AvgIpc) is 2.90. The topological polar surface area (TPSA) is 57.6 Å². The highest BCUT2D eigenvalue weighted by atomic mass is 16.4. The highest BCUT2D eigenvalue weighted by Crippen LogP contribution is 2.57. The molecule has 4 atom stereocenters. The van der Waals surface area contributed by atoms with E-state index in [2.05, 4.69) is 13.8 Å². The highest BCUT2D eigenvalue weighted by molar-refractivity contribution is 5.87. The van der Waals surface area contributed by atoms with Crippen molar-refractivity contribution >= 4 is 11.9 Å². The molecule has 1 amide bonds. The molecule has 1 saturated heterocycles. The number of aliphatic carboxylic acids is 1. The molecular weight excluding hydrogens is 278 g/mol. The highest BCUT2D eigenvalue weighted by Gasteiger charge is 2.57. The maximum atomic E-state index is 13.1. The van der Waals surface area contributed by atoms with Crippen molar-refractivity contribution in [1.82, 2.24) is 4.90 Å². The third kappa shape index (κ3) is 2.46. The maximum Gasteiger partial charge on any atom is 0.307 e. The summed E-state index contributed by atoms with van der Waals surface area (Å²) in [5, 5.41) is 9.71. The molecule has 3 aliphatic rings. The van der Waals surface area contributed by atoms with Gasteiger partial charge in [0.2, 0.25) is 5.91 Å². The van der Waals surface area contributed by atoms with E-state index in [1.807, 2.05) is 4.90 Å². The summed E-state index contributed by atoms with van der Waals surface area (Å²) >= 11 is 0. The molecular formula is C18H27NO3. The largest absolute Gasteiger partial charge is 0.481 e. The van der Waals surface area contributed by atoms with Gasteiger partial charge in [-0.05, 0) is 51.4 Å². The van der Waals surface area contributed by atoms with Crippen LogP contribution >= 0.6 is 0 Å². The van der Waals surface area contributed by atoms with Crippen molar-refractivity contribution in [3.8, 4) is 0 Å². The van der Waals surface area contributed by atoms with Crippen molar-refractivity contribution in [2.45, 2.75) is 52.4 Å². The molecule has 1 aliphatic heterocycles. The number of allylic oxidation sites excluding steroid dienone is 2. The summed E-state index contributed by atoms with van der Waals surface area (Å²) in [6.07, 6.45) is 6.40. The quantitative estimate of drug-likeness (QED) is 0.798. The van der Waals surface area contributed by atoms with Gasteiger partial charge in [0.05, 0.1) is 11.8 Å². The van der Waals surface area contributed by atoms with Crippen molar-refractivity contribution < 1.29 is 14.7 Å². The van der Waals surface area contributed by atoms with E-state index < -0.39 is 11.9 Å². The van der Waals surface area contributed by atoms with Gasteiger partial charge in [-0.1, -0.05) is 24.0 Å². The summed E-state index contributed by atoms with van der Waals surface area (Å²) in [5.74, 6) is -1.22. The van der Waals surface area contributed by atoms with E-state index in [9.17, 15) is 14.7 Å². The Morgan fingerprint density at radius 3 is 2.00 bits per heavy atom. The van der Waals surface area contributed by atoms with Gasteiger partial charge >= 0.3 is 5.97 Å². The molecule has 0 aromatic heterocycles. The maximum absolute atomic E-state index is 13.1. The van der Waals surface area contributed by atoms with Crippen LogP contribution in [0, 0.1) is 23.7 Å². The van der Waals surface area contributed by atoms with Crippen molar-refractivity contribution in [1.29, 1.82) is 0 Å². The Labute approximate surface area is 132 Å². The Morgan fingerprint density at radius 1 is 0.955 bits per heavy atom. The molecule has 0 aromatic rings. The molecule has 0 spiro atoms. The molecule has 22 heavy (non-hydrogen) atoms. The fraction of sp³-hybridized carbons (Fsp3) is 0.778. The van der Waals surface area contributed by atoms with E-state index in [0.29, 0.717) is 0 Å². The predicted molar refractivity (Wildman–Crippen MR) is 84.3 cm³/mol. The van der Waals surface area contributed by atoms with Gasteiger partial charge in [0, 0.05) is 13.1 Å². The number of rotatable bonds is 2. The number of fused-ring (bicyclic) bond motifs is 2. The normalized spacial score (nSPS) is 34.6. The van der Waals surface area contributed by atoms with E-state index in [1.165, 1.54) is 24.0 Å². The van der Waals surface area contributed by atoms with Gasteiger partial charge in [0.25, 0.3) is 0 Å². The molecule has 3 fully saturated rings. The molecule has 122 valence electrons. The third-order valence-corrected chi connectivity index (χ3v) is 5.91. The van der Waals surface area contributed by atoms with Crippen molar-refractivity contribution in [2.24, 2.45) is 23.7 Å². The van der Waals surface area contributed by atoms with E-state index in [0.717, 1.165) is 38.8 Å². The molecule has 1 heterocycles. The summed E-state index contributed by atoms with van der Waals surface area (Å²) in [6.45, 7) is 5.75. The number of amides is 1. The van der Waals surface area contributed by atoms with Crippen LogP contribution in [0.25, 0.3) is 0 Å². The molecule has 0 unspecified atom stereocenters. The van der Waals surface area contributed by atoms with Crippen LogP contribution in [0.4, 0.5) is 0 Å². The number of carbonyl (C=O) groups excluding carboxylic acids is 1. The zero-order chi connectivity index (χ0) is 15.9. The lowest BCUT2D eigenvalue weighted by Gasteiger charge is -2.31. The standard InChI is InChI=1S/C18H27NO3/c1-11(2)14-12-7-8-13(14)16(18(21)22)15(12)17(20)19-9-5-3-4-6-10-19/h12-13,15-16H,3-10H2,1-2H3,(H,21,22)/t12-,13-,15+,16-/m1/s1. The van der Waals surface area contributed by atoms with Gasteiger partial charge < -0.3 is 10.0 Å². The first-order valence-corrected chi connectivity index (χ1v) is 8.71. The Kier molecular flexibility index (Phi) is 4.28. The number of likely N-dealkylation sites (tertiary alicyclic amines) is 1. The number of carboxylic acid groups (broad SMARTS) is 1. The molecule has 2 bridgehead atoms. The first-order chi connectivity index (χ1) is 10.5. The Bertz CT molecular complexity index is 498. The lowest BCUT2D eigenvalue weighted by Crippen LogP contribution is -2.44. The number of carbonyl (C=O) groups is 2. The van der Waals surface area contributed by atoms with Crippen LogP contribution in [0.5, 0.6) is 0 Å². The number of hydrogen-bond donors (Lipinski definition) is 1. The predicted octanol–water partition coefficient (Wildman–Crippen LogP) is 3.08. The fourth-order valence-electron chi connectivity index (χ4n) is 5.09. The molecule has 2 saturated carbocycles. The Hall–Kier alpha value is -1.32. The summed E-state index contributed by atoms with van der Waals surface area (Å²) in [5.41, 5.74) is 2.51. The zero-order valence-corrected chi connectivity index (χ0v) is 13.7. The Balaban J connectivity index is 1.89. The molecule has 4 nitrogen and oxygen atoms in total.